The highest BCUT2D eigenvalue weighted by Gasteiger charge is 2.11. The third-order valence-corrected chi connectivity index (χ3v) is 3.40. The zero-order valence-corrected chi connectivity index (χ0v) is 12.2. The molecule has 0 aliphatic carbocycles. The number of esters is 1. The highest BCUT2D eigenvalue weighted by molar-refractivity contribution is 6.67. The van der Waals surface area contributed by atoms with Crippen LogP contribution in [-0.4, -0.2) is 11.2 Å². The SMILES string of the molecule is O=C(Cl)c1ccc(OC(=O)c2ccc(Cl)c(Cl)c2)cc1. The first-order chi connectivity index (χ1) is 9.47. The Hall–Kier alpha value is -1.55. The summed E-state index contributed by atoms with van der Waals surface area (Å²) in [4.78, 5) is 22.8. The van der Waals surface area contributed by atoms with Crippen LogP contribution < -0.4 is 4.74 Å². The largest absolute Gasteiger partial charge is 0.423 e. The van der Waals surface area contributed by atoms with Gasteiger partial charge >= 0.3 is 5.97 Å². The van der Waals surface area contributed by atoms with Crippen LogP contribution in [-0.2, 0) is 0 Å². The second kappa shape index (κ2) is 6.27. The van der Waals surface area contributed by atoms with E-state index in [-0.39, 0.29) is 10.6 Å². The first-order valence-corrected chi connectivity index (χ1v) is 6.58. The smallest absolute Gasteiger partial charge is 0.343 e. The second-order valence-corrected chi connectivity index (χ2v) is 4.97. The van der Waals surface area contributed by atoms with Crippen LogP contribution in [0.15, 0.2) is 42.5 Å². The van der Waals surface area contributed by atoms with Gasteiger partial charge in [-0.1, -0.05) is 23.2 Å². The van der Waals surface area contributed by atoms with Crippen LogP contribution in [0, 0.1) is 0 Å². The first kappa shape index (κ1) is 14.9. The lowest BCUT2D eigenvalue weighted by molar-refractivity contribution is 0.0734. The Morgan fingerprint density at radius 3 is 2.00 bits per heavy atom. The number of hydrogen-bond acceptors (Lipinski definition) is 3. The van der Waals surface area contributed by atoms with Crippen molar-refractivity contribution in [3.8, 4) is 5.75 Å². The van der Waals surface area contributed by atoms with Gasteiger partial charge in [0.15, 0.2) is 0 Å². The minimum absolute atomic E-state index is 0.268. The molecule has 0 spiro atoms. The van der Waals surface area contributed by atoms with Crippen molar-refractivity contribution >= 4 is 46.0 Å². The monoisotopic (exact) mass is 328 g/mol. The number of rotatable bonds is 3. The Kier molecular flexibility index (Phi) is 4.65. The summed E-state index contributed by atoms with van der Waals surface area (Å²) < 4.78 is 5.13. The molecule has 102 valence electrons. The molecular weight excluding hydrogens is 323 g/mol. The summed E-state index contributed by atoms with van der Waals surface area (Å²) in [5, 5.41) is 0.0461. The average molecular weight is 330 g/mol. The molecule has 0 N–H and O–H groups in total. The van der Waals surface area contributed by atoms with Gasteiger partial charge in [-0.05, 0) is 54.1 Å². The molecule has 0 unspecified atom stereocenters. The lowest BCUT2D eigenvalue weighted by atomic mass is 10.2. The van der Waals surface area contributed by atoms with Crippen LogP contribution in [0.5, 0.6) is 5.75 Å². The van der Waals surface area contributed by atoms with E-state index in [1.807, 2.05) is 0 Å². The van der Waals surface area contributed by atoms with Crippen LogP contribution in [0.2, 0.25) is 10.0 Å². The molecule has 0 aliphatic heterocycles. The molecule has 0 aromatic heterocycles. The molecule has 0 amide bonds. The predicted molar refractivity (Wildman–Crippen MR) is 78.0 cm³/mol. The molecule has 0 fully saturated rings. The highest BCUT2D eigenvalue weighted by Crippen LogP contribution is 2.23. The topological polar surface area (TPSA) is 43.4 Å². The third kappa shape index (κ3) is 3.51. The van der Waals surface area contributed by atoms with Crippen molar-refractivity contribution in [3.63, 3.8) is 0 Å². The Balaban J connectivity index is 2.14. The van der Waals surface area contributed by atoms with Crippen LogP contribution >= 0.6 is 34.8 Å². The minimum Gasteiger partial charge on any atom is -0.423 e. The van der Waals surface area contributed by atoms with E-state index < -0.39 is 11.2 Å². The standard InChI is InChI=1S/C14H7Cl3O3/c15-11-6-3-9(7-12(11)16)14(19)20-10-4-1-8(2-5-10)13(17)18/h1-7H. The normalized spacial score (nSPS) is 10.2. The summed E-state index contributed by atoms with van der Waals surface area (Å²) in [7, 11) is 0. The van der Waals surface area contributed by atoms with Gasteiger partial charge in [-0.3, -0.25) is 4.79 Å². The van der Waals surface area contributed by atoms with E-state index in [4.69, 9.17) is 39.5 Å². The molecule has 0 saturated carbocycles. The first-order valence-electron chi connectivity index (χ1n) is 5.44. The van der Waals surface area contributed by atoms with E-state index in [1.165, 1.54) is 42.5 Å². The fourth-order valence-corrected chi connectivity index (χ4v) is 1.87. The van der Waals surface area contributed by atoms with Crippen molar-refractivity contribution < 1.29 is 14.3 Å². The Bertz CT molecular complexity index is 666. The summed E-state index contributed by atoms with van der Waals surface area (Å²) in [6, 6.07) is 10.3. The van der Waals surface area contributed by atoms with E-state index in [2.05, 4.69) is 0 Å². The van der Waals surface area contributed by atoms with Gasteiger partial charge in [-0.25, -0.2) is 4.79 Å². The van der Waals surface area contributed by atoms with Gasteiger partial charge in [-0.2, -0.15) is 0 Å². The molecule has 2 rings (SSSR count). The molecule has 0 saturated heterocycles. The van der Waals surface area contributed by atoms with Gasteiger partial charge < -0.3 is 4.74 Å². The maximum atomic E-state index is 11.9. The number of hydrogen-bond donors (Lipinski definition) is 0. The molecule has 3 nitrogen and oxygen atoms in total. The number of ether oxygens (including phenoxy) is 1. The van der Waals surface area contributed by atoms with E-state index in [0.29, 0.717) is 16.3 Å². The molecule has 0 heterocycles. The summed E-state index contributed by atoms with van der Waals surface area (Å²) in [6.07, 6.45) is 0. The summed E-state index contributed by atoms with van der Waals surface area (Å²) in [5.74, 6) is -0.281. The van der Waals surface area contributed by atoms with Gasteiger partial charge in [0.25, 0.3) is 5.24 Å². The van der Waals surface area contributed by atoms with Gasteiger partial charge in [0.2, 0.25) is 0 Å². The van der Waals surface area contributed by atoms with Crippen molar-refractivity contribution in [2.45, 2.75) is 0 Å². The van der Waals surface area contributed by atoms with Crippen molar-refractivity contribution in [1.29, 1.82) is 0 Å². The molecule has 2 aromatic carbocycles. The van der Waals surface area contributed by atoms with Gasteiger partial charge in [-0.15, -0.1) is 0 Å². The molecule has 20 heavy (non-hydrogen) atoms. The third-order valence-electron chi connectivity index (χ3n) is 2.45. The van der Waals surface area contributed by atoms with Gasteiger partial charge in [0, 0.05) is 5.56 Å². The minimum atomic E-state index is -0.577. The van der Waals surface area contributed by atoms with Crippen LogP contribution in [0.3, 0.4) is 0 Å². The number of carbonyl (C=O) groups excluding carboxylic acids is 2. The number of benzene rings is 2. The predicted octanol–water partition coefficient (Wildman–Crippen LogP) is 4.59. The van der Waals surface area contributed by atoms with Crippen molar-refractivity contribution in [2.24, 2.45) is 0 Å². The summed E-state index contributed by atoms with van der Waals surface area (Å²) in [5.41, 5.74) is 0.595. The summed E-state index contributed by atoms with van der Waals surface area (Å²) >= 11 is 16.9. The zero-order valence-electron chi connectivity index (χ0n) is 9.90. The van der Waals surface area contributed by atoms with E-state index in [0.717, 1.165) is 0 Å². The number of halogens is 3. The fourth-order valence-electron chi connectivity index (χ4n) is 1.44. The maximum Gasteiger partial charge on any atom is 0.343 e. The van der Waals surface area contributed by atoms with E-state index in [1.54, 1.807) is 0 Å². The fraction of sp³-hybridized carbons (Fsp3) is 0. The number of carbonyl (C=O) groups is 2. The molecule has 0 aliphatic rings. The zero-order chi connectivity index (χ0) is 14.7. The lowest BCUT2D eigenvalue weighted by Gasteiger charge is -2.05. The summed E-state index contributed by atoms with van der Waals surface area (Å²) in [6.45, 7) is 0. The van der Waals surface area contributed by atoms with Crippen molar-refractivity contribution in [1.82, 2.24) is 0 Å². The highest BCUT2D eigenvalue weighted by atomic mass is 35.5. The molecule has 0 radical (unpaired) electrons. The van der Waals surface area contributed by atoms with Crippen LogP contribution in [0.4, 0.5) is 0 Å². The maximum absolute atomic E-state index is 11.9. The molecular formula is C14H7Cl3O3. The Morgan fingerprint density at radius 1 is 0.850 bits per heavy atom. The van der Waals surface area contributed by atoms with Gasteiger partial charge in [0.05, 0.1) is 15.6 Å². The van der Waals surface area contributed by atoms with E-state index in [9.17, 15) is 9.59 Å². The van der Waals surface area contributed by atoms with E-state index >= 15 is 0 Å². The average Bonchev–Trinajstić information content (AvgIpc) is 2.42. The van der Waals surface area contributed by atoms with Crippen LogP contribution in [0.1, 0.15) is 20.7 Å². The quantitative estimate of drug-likeness (QED) is 0.470. The second-order valence-electron chi connectivity index (χ2n) is 3.82. The van der Waals surface area contributed by atoms with Crippen molar-refractivity contribution in [2.75, 3.05) is 0 Å². The molecule has 0 atom stereocenters. The Labute approximate surface area is 130 Å². The molecule has 0 bridgehead atoms. The molecule has 2 aromatic rings. The van der Waals surface area contributed by atoms with Crippen LogP contribution in [0.25, 0.3) is 0 Å². The molecule has 6 heteroatoms. The lowest BCUT2D eigenvalue weighted by Crippen LogP contribution is -2.08. The Morgan fingerprint density at radius 2 is 1.45 bits per heavy atom. The van der Waals surface area contributed by atoms with Gasteiger partial charge in [0.1, 0.15) is 5.75 Å². The van der Waals surface area contributed by atoms with Crippen molar-refractivity contribution in [3.05, 3.63) is 63.6 Å².